The van der Waals surface area contributed by atoms with Gasteiger partial charge in [0.25, 0.3) is 0 Å². The minimum Gasteiger partial charge on any atom is -0.392 e. The van der Waals surface area contributed by atoms with Gasteiger partial charge in [-0.05, 0) is 12.8 Å². The molecular weight excluding hydrogens is 253 g/mol. The Kier molecular flexibility index (Phi) is 3.01. The molecule has 0 aromatic heterocycles. The fourth-order valence-electron chi connectivity index (χ4n) is 1.09. The van der Waals surface area contributed by atoms with E-state index in [1.807, 2.05) is 0 Å². The quantitative estimate of drug-likeness (QED) is 0.714. The van der Waals surface area contributed by atoms with Gasteiger partial charge in [-0.25, -0.2) is 8.42 Å². The molecule has 1 saturated carbocycles. The summed E-state index contributed by atoms with van der Waals surface area (Å²) >= 11 is 4.32. The number of sulfonamides is 1. The van der Waals surface area contributed by atoms with Crippen molar-refractivity contribution < 1.29 is 21.6 Å². The number of rotatable bonds is 4. The second kappa shape index (κ2) is 3.56. The smallest absolute Gasteiger partial charge is 0.392 e. The molecule has 0 amide bonds. The molecule has 1 aliphatic rings. The molecule has 1 fully saturated rings. The minimum atomic E-state index is -4.57. The van der Waals surface area contributed by atoms with E-state index in [-0.39, 0.29) is 17.8 Å². The molecule has 0 heterocycles. The highest BCUT2D eigenvalue weighted by Gasteiger charge is 2.65. The highest BCUT2D eigenvalue weighted by molar-refractivity contribution is 7.92. The van der Waals surface area contributed by atoms with Crippen molar-refractivity contribution in [2.24, 2.45) is 5.73 Å². The Balaban J connectivity index is 2.75. The van der Waals surface area contributed by atoms with Crippen molar-refractivity contribution in [3.05, 3.63) is 0 Å². The van der Waals surface area contributed by atoms with Crippen LogP contribution in [-0.4, -0.2) is 30.9 Å². The molecule has 15 heavy (non-hydrogen) atoms. The van der Waals surface area contributed by atoms with Gasteiger partial charge in [-0.3, -0.25) is 0 Å². The predicted molar refractivity (Wildman–Crippen MR) is 51.7 cm³/mol. The van der Waals surface area contributed by atoms with Crippen LogP contribution < -0.4 is 10.5 Å². The molecule has 0 atom stereocenters. The lowest BCUT2D eigenvalue weighted by Crippen LogP contribution is -2.49. The van der Waals surface area contributed by atoms with Crippen molar-refractivity contribution in [3.63, 3.8) is 0 Å². The van der Waals surface area contributed by atoms with E-state index in [4.69, 9.17) is 5.73 Å². The van der Waals surface area contributed by atoms with Crippen LogP contribution in [0, 0.1) is 0 Å². The van der Waals surface area contributed by atoms with E-state index < -0.39 is 27.5 Å². The van der Waals surface area contributed by atoms with Crippen LogP contribution in [0.3, 0.4) is 0 Å². The van der Waals surface area contributed by atoms with E-state index in [2.05, 4.69) is 12.2 Å². The van der Waals surface area contributed by atoms with Gasteiger partial charge in [-0.15, -0.1) is 0 Å². The average Bonchev–Trinajstić information content (AvgIpc) is 2.61. The molecule has 4 nitrogen and oxygen atoms in total. The Morgan fingerprint density at radius 1 is 1.47 bits per heavy atom. The zero-order valence-corrected chi connectivity index (χ0v) is 9.10. The molecule has 0 aromatic rings. The topological polar surface area (TPSA) is 72.2 Å². The second-order valence-corrected chi connectivity index (χ2v) is 5.65. The third-order valence-corrected chi connectivity index (χ3v) is 3.70. The molecule has 0 saturated heterocycles. The van der Waals surface area contributed by atoms with Crippen LogP contribution >= 0.6 is 12.2 Å². The van der Waals surface area contributed by atoms with E-state index in [0.29, 0.717) is 0 Å². The van der Waals surface area contributed by atoms with Gasteiger partial charge in [-0.1, -0.05) is 12.2 Å². The van der Waals surface area contributed by atoms with Gasteiger partial charge in [-0.2, -0.15) is 17.9 Å². The average molecular weight is 262 g/mol. The lowest BCUT2D eigenvalue weighted by atomic mass is 10.3. The molecule has 88 valence electrons. The van der Waals surface area contributed by atoms with Gasteiger partial charge >= 0.3 is 6.18 Å². The molecular formula is C6H9F3N2O2S2. The highest BCUT2D eigenvalue weighted by Crippen LogP contribution is 2.49. The van der Waals surface area contributed by atoms with Crippen molar-refractivity contribution in [1.29, 1.82) is 0 Å². The normalized spacial score (nSPS) is 19.9. The zero-order chi connectivity index (χ0) is 11.9. The van der Waals surface area contributed by atoms with Crippen LogP contribution in [-0.2, 0) is 10.0 Å². The summed E-state index contributed by atoms with van der Waals surface area (Å²) in [4.78, 5) is -0.361. The molecule has 0 aliphatic heterocycles. The lowest BCUT2D eigenvalue weighted by Gasteiger charge is -2.20. The lowest BCUT2D eigenvalue weighted by molar-refractivity contribution is -0.160. The van der Waals surface area contributed by atoms with Crippen molar-refractivity contribution >= 4 is 27.2 Å². The number of nitrogens with one attached hydrogen (secondary N) is 1. The fourth-order valence-corrected chi connectivity index (χ4v) is 2.92. The molecule has 0 unspecified atom stereocenters. The first-order chi connectivity index (χ1) is 6.58. The Morgan fingerprint density at radius 2 is 1.93 bits per heavy atom. The SMILES string of the molecule is NC(=S)CS(=O)(=O)NC1(C(F)(F)F)CC1. The largest absolute Gasteiger partial charge is 0.407 e. The molecule has 1 rings (SSSR count). The summed E-state index contributed by atoms with van der Waals surface area (Å²) in [7, 11) is -4.10. The Bertz CT molecular complexity index is 372. The Labute approximate surface area is 90.1 Å². The van der Waals surface area contributed by atoms with Crippen molar-refractivity contribution in [1.82, 2.24) is 4.72 Å². The molecule has 0 aromatic carbocycles. The van der Waals surface area contributed by atoms with Crippen LogP contribution in [0.25, 0.3) is 0 Å². The maximum atomic E-state index is 12.4. The van der Waals surface area contributed by atoms with Crippen LogP contribution in [0.1, 0.15) is 12.8 Å². The maximum Gasteiger partial charge on any atom is 0.407 e. The van der Waals surface area contributed by atoms with Gasteiger partial charge in [0.15, 0.2) is 0 Å². The monoisotopic (exact) mass is 262 g/mol. The van der Waals surface area contributed by atoms with E-state index in [9.17, 15) is 21.6 Å². The van der Waals surface area contributed by atoms with Gasteiger partial charge in [0, 0.05) is 0 Å². The number of halogens is 3. The van der Waals surface area contributed by atoms with Crippen LogP contribution in [0.15, 0.2) is 0 Å². The zero-order valence-electron chi connectivity index (χ0n) is 7.47. The van der Waals surface area contributed by atoms with E-state index in [1.165, 1.54) is 0 Å². The van der Waals surface area contributed by atoms with Crippen molar-refractivity contribution in [3.8, 4) is 0 Å². The molecule has 0 radical (unpaired) electrons. The number of nitrogens with two attached hydrogens (primary N) is 1. The van der Waals surface area contributed by atoms with Crippen LogP contribution in [0.5, 0.6) is 0 Å². The summed E-state index contributed by atoms with van der Waals surface area (Å²) in [6.07, 6.45) is -5.06. The molecule has 1 aliphatic carbocycles. The molecule has 0 spiro atoms. The minimum absolute atomic E-state index is 0.243. The Hall–Kier alpha value is -0.410. The van der Waals surface area contributed by atoms with Gasteiger partial charge in [0.05, 0.1) is 4.99 Å². The predicted octanol–water partition coefficient (Wildman–Crippen LogP) is 0.287. The van der Waals surface area contributed by atoms with Crippen LogP contribution in [0.4, 0.5) is 13.2 Å². The van der Waals surface area contributed by atoms with E-state index >= 15 is 0 Å². The number of alkyl halides is 3. The first-order valence-corrected chi connectivity index (χ1v) is 6.01. The third-order valence-electron chi connectivity index (χ3n) is 1.98. The van der Waals surface area contributed by atoms with Crippen molar-refractivity contribution in [2.45, 2.75) is 24.6 Å². The summed E-state index contributed by atoms with van der Waals surface area (Å²) in [6.45, 7) is 0. The second-order valence-electron chi connectivity index (χ2n) is 3.41. The highest BCUT2D eigenvalue weighted by atomic mass is 32.2. The van der Waals surface area contributed by atoms with Gasteiger partial charge in [0.2, 0.25) is 10.0 Å². The maximum absolute atomic E-state index is 12.4. The first kappa shape index (κ1) is 12.7. The van der Waals surface area contributed by atoms with E-state index in [1.54, 1.807) is 4.72 Å². The van der Waals surface area contributed by atoms with Crippen molar-refractivity contribution in [2.75, 3.05) is 5.75 Å². The molecule has 0 bridgehead atoms. The summed E-state index contributed by atoms with van der Waals surface area (Å²) in [5, 5.41) is 0. The van der Waals surface area contributed by atoms with Gasteiger partial charge in [0.1, 0.15) is 11.3 Å². The third kappa shape index (κ3) is 3.02. The Morgan fingerprint density at radius 3 is 2.20 bits per heavy atom. The summed E-state index contributed by atoms with van der Waals surface area (Å²) in [5.41, 5.74) is 2.66. The van der Waals surface area contributed by atoms with E-state index in [0.717, 1.165) is 0 Å². The number of hydrogen-bond acceptors (Lipinski definition) is 3. The summed E-state index contributed by atoms with van der Waals surface area (Å²) in [6, 6.07) is 0. The van der Waals surface area contributed by atoms with Gasteiger partial charge < -0.3 is 5.73 Å². The number of hydrogen-bond donors (Lipinski definition) is 2. The van der Waals surface area contributed by atoms with Crippen LogP contribution in [0.2, 0.25) is 0 Å². The molecule has 3 N–H and O–H groups in total. The summed E-state index contributed by atoms with van der Waals surface area (Å²) < 4.78 is 61.0. The summed E-state index contributed by atoms with van der Waals surface area (Å²) in [5.74, 6) is -0.764. The fraction of sp³-hybridized carbons (Fsp3) is 0.833. The standard InChI is InChI=1S/C6H9F3N2O2S2/c7-6(8,9)5(1-2-5)11-15(12,13)3-4(10)14/h11H,1-3H2,(H2,10,14). The first-order valence-electron chi connectivity index (χ1n) is 3.95. The number of thiocarbonyl (C=S) groups is 1. The molecule has 9 heteroatoms.